The van der Waals surface area contributed by atoms with Crippen LogP contribution in [0.25, 0.3) is 0 Å². The van der Waals surface area contributed by atoms with Crippen LogP contribution in [-0.4, -0.2) is 24.6 Å². The number of pyridine rings is 1. The first-order valence-corrected chi connectivity index (χ1v) is 5.52. The molecule has 0 unspecified atom stereocenters. The number of hydrogen-bond acceptors (Lipinski definition) is 3. The van der Waals surface area contributed by atoms with E-state index in [2.05, 4.69) is 22.5 Å². The smallest absolute Gasteiger partial charge is 0.369 e. The molecule has 0 bridgehead atoms. The molecule has 0 saturated carbocycles. The summed E-state index contributed by atoms with van der Waals surface area (Å²) in [6.07, 6.45) is -2.44. The minimum atomic E-state index is -4.33. The molecule has 96 valence electrons. The molecule has 0 aliphatic carbocycles. The van der Waals surface area contributed by atoms with Gasteiger partial charge < -0.3 is 10.6 Å². The van der Waals surface area contributed by atoms with Gasteiger partial charge >= 0.3 is 6.18 Å². The molecule has 0 amide bonds. The van der Waals surface area contributed by atoms with Crippen LogP contribution in [0.1, 0.15) is 18.9 Å². The van der Waals surface area contributed by atoms with Crippen LogP contribution in [0.5, 0.6) is 0 Å². The first kappa shape index (κ1) is 13.8. The van der Waals surface area contributed by atoms with Crippen LogP contribution in [0, 0.1) is 0 Å². The lowest BCUT2D eigenvalue weighted by Gasteiger charge is -2.08. The number of halogens is 3. The van der Waals surface area contributed by atoms with E-state index in [1.54, 1.807) is 0 Å². The number of hydrogen-bond donors (Lipinski definition) is 2. The van der Waals surface area contributed by atoms with Gasteiger partial charge in [0.15, 0.2) is 0 Å². The highest BCUT2D eigenvalue weighted by Gasteiger charge is 2.30. The summed E-state index contributed by atoms with van der Waals surface area (Å²) in [6.45, 7) is 4.40. The van der Waals surface area contributed by atoms with Gasteiger partial charge in [-0.25, -0.2) is 4.98 Å². The Kier molecular flexibility index (Phi) is 5.21. The zero-order chi connectivity index (χ0) is 12.7. The average Bonchev–Trinajstić information content (AvgIpc) is 2.28. The molecule has 0 spiro atoms. The van der Waals surface area contributed by atoms with Crippen molar-refractivity contribution in [3.63, 3.8) is 0 Å². The molecule has 1 rings (SSSR count). The summed E-state index contributed by atoms with van der Waals surface area (Å²) in [5, 5.41) is 6.11. The Labute approximate surface area is 98.4 Å². The number of anilines is 1. The number of nitrogens with one attached hydrogen (secondary N) is 2. The summed E-state index contributed by atoms with van der Waals surface area (Å²) >= 11 is 0. The van der Waals surface area contributed by atoms with Crippen molar-refractivity contribution in [1.82, 2.24) is 10.3 Å². The van der Waals surface area contributed by atoms with E-state index in [-0.39, 0.29) is 0 Å². The van der Waals surface area contributed by atoms with Crippen LogP contribution >= 0.6 is 0 Å². The van der Waals surface area contributed by atoms with E-state index in [1.165, 1.54) is 6.07 Å². The molecule has 0 radical (unpaired) electrons. The third-order valence-corrected chi connectivity index (χ3v) is 2.13. The van der Waals surface area contributed by atoms with Crippen LogP contribution in [-0.2, 0) is 6.18 Å². The van der Waals surface area contributed by atoms with Gasteiger partial charge in [-0.2, -0.15) is 13.2 Å². The third-order valence-electron chi connectivity index (χ3n) is 2.13. The van der Waals surface area contributed by atoms with Crippen LogP contribution in [0.2, 0.25) is 0 Å². The van der Waals surface area contributed by atoms with Crippen LogP contribution in [0.3, 0.4) is 0 Å². The van der Waals surface area contributed by atoms with Crippen LogP contribution in [0.4, 0.5) is 19.0 Å². The van der Waals surface area contributed by atoms with Crippen molar-refractivity contribution in [3.8, 4) is 0 Å². The molecule has 6 heteroatoms. The second kappa shape index (κ2) is 6.44. The van der Waals surface area contributed by atoms with E-state index in [9.17, 15) is 13.2 Å². The van der Waals surface area contributed by atoms with Gasteiger partial charge in [0.05, 0.1) is 5.56 Å². The van der Waals surface area contributed by atoms with E-state index in [1.807, 2.05) is 0 Å². The van der Waals surface area contributed by atoms with E-state index < -0.39 is 11.7 Å². The highest BCUT2D eigenvalue weighted by Crippen LogP contribution is 2.28. The van der Waals surface area contributed by atoms with Crippen molar-refractivity contribution in [2.45, 2.75) is 19.5 Å². The van der Waals surface area contributed by atoms with Gasteiger partial charge in [-0.15, -0.1) is 0 Å². The predicted molar refractivity (Wildman–Crippen MR) is 60.9 cm³/mol. The molecular weight excluding hydrogens is 231 g/mol. The van der Waals surface area contributed by atoms with Gasteiger partial charge in [0.1, 0.15) is 5.82 Å². The van der Waals surface area contributed by atoms with E-state index in [4.69, 9.17) is 0 Å². The Morgan fingerprint density at radius 2 is 1.94 bits per heavy atom. The summed E-state index contributed by atoms with van der Waals surface area (Å²) in [5.74, 6) is 0.455. The fraction of sp³-hybridized carbons (Fsp3) is 0.545. The van der Waals surface area contributed by atoms with E-state index >= 15 is 0 Å². The molecule has 0 aliphatic rings. The zero-order valence-corrected chi connectivity index (χ0v) is 9.64. The SMILES string of the molecule is CCCNCCNc1ccc(C(F)(F)F)cn1. The molecule has 17 heavy (non-hydrogen) atoms. The molecule has 0 saturated heterocycles. The van der Waals surface area contributed by atoms with Crippen molar-refractivity contribution >= 4 is 5.82 Å². The first-order chi connectivity index (χ1) is 8.04. The van der Waals surface area contributed by atoms with E-state index in [0.717, 1.165) is 31.8 Å². The van der Waals surface area contributed by atoms with Crippen molar-refractivity contribution in [2.24, 2.45) is 0 Å². The maximum Gasteiger partial charge on any atom is 0.417 e. The van der Waals surface area contributed by atoms with Gasteiger partial charge in [0.2, 0.25) is 0 Å². The molecule has 0 atom stereocenters. The van der Waals surface area contributed by atoms with Crippen molar-refractivity contribution in [1.29, 1.82) is 0 Å². The largest absolute Gasteiger partial charge is 0.417 e. The minimum Gasteiger partial charge on any atom is -0.369 e. The highest BCUT2D eigenvalue weighted by atomic mass is 19.4. The number of alkyl halides is 3. The fourth-order valence-corrected chi connectivity index (χ4v) is 1.25. The predicted octanol–water partition coefficient (Wildman–Crippen LogP) is 2.51. The van der Waals surface area contributed by atoms with Crippen molar-refractivity contribution in [3.05, 3.63) is 23.9 Å². The maximum absolute atomic E-state index is 12.2. The van der Waals surface area contributed by atoms with Gasteiger partial charge in [-0.05, 0) is 25.1 Å². The quantitative estimate of drug-likeness (QED) is 0.758. The summed E-state index contributed by atoms with van der Waals surface area (Å²) in [7, 11) is 0. The van der Waals surface area contributed by atoms with Gasteiger partial charge in [0, 0.05) is 19.3 Å². The van der Waals surface area contributed by atoms with Crippen LogP contribution < -0.4 is 10.6 Å². The number of aromatic nitrogens is 1. The summed E-state index contributed by atoms with van der Waals surface area (Å²) in [5.41, 5.74) is -0.729. The molecule has 2 N–H and O–H groups in total. The average molecular weight is 247 g/mol. The van der Waals surface area contributed by atoms with Crippen molar-refractivity contribution in [2.75, 3.05) is 25.0 Å². The Bertz CT molecular complexity index is 322. The van der Waals surface area contributed by atoms with Gasteiger partial charge in [0.25, 0.3) is 0 Å². The van der Waals surface area contributed by atoms with Crippen LogP contribution in [0.15, 0.2) is 18.3 Å². The maximum atomic E-state index is 12.2. The van der Waals surface area contributed by atoms with E-state index in [0.29, 0.717) is 12.4 Å². The third kappa shape index (κ3) is 5.04. The second-order valence-electron chi connectivity index (χ2n) is 3.61. The molecule has 3 nitrogen and oxygen atoms in total. The minimum absolute atomic E-state index is 0.455. The number of nitrogens with zero attached hydrogens (tertiary/aromatic N) is 1. The molecule has 1 aromatic heterocycles. The molecule has 1 aromatic rings. The molecular formula is C11H16F3N3. The Morgan fingerprint density at radius 1 is 1.18 bits per heavy atom. The Balaban J connectivity index is 2.36. The topological polar surface area (TPSA) is 37.0 Å². The first-order valence-electron chi connectivity index (χ1n) is 5.52. The lowest BCUT2D eigenvalue weighted by atomic mass is 10.3. The Morgan fingerprint density at radius 3 is 2.47 bits per heavy atom. The monoisotopic (exact) mass is 247 g/mol. The lowest BCUT2D eigenvalue weighted by molar-refractivity contribution is -0.137. The van der Waals surface area contributed by atoms with Gasteiger partial charge in [-0.1, -0.05) is 6.92 Å². The molecule has 0 aliphatic heterocycles. The molecule has 1 heterocycles. The second-order valence-corrected chi connectivity index (χ2v) is 3.61. The molecule has 0 aromatic carbocycles. The summed E-state index contributed by atoms with van der Waals surface area (Å²) in [6, 6.07) is 2.36. The zero-order valence-electron chi connectivity index (χ0n) is 9.64. The van der Waals surface area contributed by atoms with Gasteiger partial charge in [-0.3, -0.25) is 0 Å². The molecule has 0 fully saturated rings. The Hall–Kier alpha value is -1.30. The summed E-state index contributed by atoms with van der Waals surface area (Å²) < 4.78 is 36.7. The lowest BCUT2D eigenvalue weighted by Crippen LogP contribution is -2.23. The van der Waals surface area contributed by atoms with Crippen molar-refractivity contribution < 1.29 is 13.2 Å². The standard InChI is InChI=1S/C11H16F3N3/c1-2-5-15-6-7-16-10-4-3-9(8-17-10)11(12,13)14/h3-4,8,15H,2,5-7H2,1H3,(H,16,17). The highest BCUT2D eigenvalue weighted by molar-refractivity contribution is 5.36. The number of rotatable bonds is 6. The summed E-state index contributed by atoms with van der Waals surface area (Å²) in [4.78, 5) is 3.70. The fourth-order valence-electron chi connectivity index (χ4n) is 1.25. The normalized spacial score (nSPS) is 11.5.